The molecule has 0 saturated heterocycles. The second-order valence-electron chi connectivity index (χ2n) is 9.78. The molecular formula is C26H34ClFN4O2. The summed E-state index contributed by atoms with van der Waals surface area (Å²) in [6, 6.07) is 4.97. The summed E-state index contributed by atoms with van der Waals surface area (Å²) >= 11 is 0. The number of nitrogens with one attached hydrogen (secondary N) is 2. The van der Waals surface area contributed by atoms with Gasteiger partial charge in [0.2, 0.25) is 0 Å². The van der Waals surface area contributed by atoms with Gasteiger partial charge in [0.15, 0.2) is 0 Å². The van der Waals surface area contributed by atoms with Crippen molar-refractivity contribution in [1.82, 2.24) is 10.3 Å². The number of aromatic amines is 1. The highest BCUT2D eigenvalue weighted by atomic mass is 35.5. The zero-order chi connectivity index (χ0) is 23.9. The van der Waals surface area contributed by atoms with Crippen molar-refractivity contribution in [2.45, 2.75) is 65.5 Å². The van der Waals surface area contributed by atoms with Crippen LogP contribution in [-0.4, -0.2) is 35.4 Å². The van der Waals surface area contributed by atoms with Gasteiger partial charge in [0.05, 0.1) is 16.8 Å². The van der Waals surface area contributed by atoms with E-state index in [0.717, 1.165) is 42.6 Å². The lowest BCUT2D eigenvalue weighted by Crippen LogP contribution is -2.36. The fourth-order valence-electron chi connectivity index (χ4n) is 4.88. The first-order valence-corrected chi connectivity index (χ1v) is 11.7. The number of carbonyl (C=O) groups excluding carboxylic acids is 2. The van der Waals surface area contributed by atoms with E-state index in [0.29, 0.717) is 29.3 Å². The van der Waals surface area contributed by atoms with Crippen molar-refractivity contribution in [3.8, 4) is 0 Å². The lowest BCUT2D eigenvalue weighted by atomic mass is 9.86. The summed E-state index contributed by atoms with van der Waals surface area (Å²) in [6.45, 7) is 8.12. The second kappa shape index (κ2) is 10.3. The van der Waals surface area contributed by atoms with Gasteiger partial charge >= 0.3 is 0 Å². The average molecular weight is 489 g/mol. The molecule has 0 atom stereocenters. The minimum Gasteiger partial charge on any atom is -0.359 e. The Morgan fingerprint density at radius 3 is 2.50 bits per heavy atom. The van der Waals surface area contributed by atoms with Crippen molar-refractivity contribution < 1.29 is 14.0 Å². The molecule has 1 aromatic carbocycles. The van der Waals surface area contributed by atoms with Gasteiger partial charge in [-0.1, -0.05) is 0 Å². The van der Waals surface area contributed by atoms with Gasteiger partial charge in [-0.3, -0.25) is 9.59 Å². The Morgan fingerprint density at radius 2 is 1.91 bits per heavy atom. The van der Waals surface area contributed by atoms with E-state index >= 15 is 4.39 Å². The monoisotopic (exact) mass is 488 g/mol. The first-order valence-electron chi connectivity index (χ1n) is 11.7. The predicted molar refractivity (Wildman–Crippen MR) is 137 cm³/mol. The molecule has 184 valence electrons. The second-order valence-corrected chi connectivity index (χ2v) is 9.78. The van der Waals surface area contributed by atoms with Crippen LogP contribution < -0.4 is 16.0 Å². The third-order valence-electron chi connectivity index (χ3n) is 6.62. The van der Waals surface area contributed by atoms with Crippen LogP contribution in [0.5, 0.6) is 0 Å². The number of rotatable bonds is 5. The molecule has 2 heterocycles. The Bertz CT molecular complexity index is 1120. The summed E-state index contributed by atoms with van der Waals surface area (Å²) in [7, 11) is 0. The van der Waals surface area contributed by atoms with E-state index in [1.54, 1.807) is 11.0 Å². The highest BCUT2D eigenvalue weighted by Gasteiger charge is 2.36. The van der Waals surface area contributed by atoms with Crippen LogP contribution in [0.3, 0.4) is 0 Å². The standard InChI is InChI=1S/C26H33FN4O2.ClH/c1-14(2)29-25(32)21-12-24-19(10-22(21)27)20(11-23-15(3)9-16(4)30-23)26(33)31(24)13-17-5-7-18(28)8-6-17;/h9-12,14,17-18,30H,5-8,13,28H2,1-4H3,(H,29,32);1H/b20-11-;. The van der Waals surface area contributed by atoms with E-state index in [4.69, 9.17) is 5.73 Å². The fraction of sp³-hybridized carbons (Fsp3) is 0.462. The van der Waals surface area contributed by atoms with Gasteiger partial charge in [-0.05, 0) is 89.1 Å². The summed E-state index contributed by atoms with van der Waals surface area (Å²) in [5, 5.41) is 2.75. The highest BCUT2D eigenvalue weighted by molar-refractivity contribution is 6.36. The summed E-state index contributed by atoms with van der Waals surface area (Å²) in [6.07, 6.45) is 5.59. The first kappa shape index (κ1) is 26.0. The molecule has 4 N–H and O–H groups in total. The Labute approximate surface area is 206 Å². The molecule has 0 spiro atoms. The van der Waals surface area contributed by atoms with Crippen molar-refractivity contribution in [2.75, 3.05) is 11.4 Å². The van der Waals surface area contributed by atoms with Crippen LogP contribution >= 0.6 is 12.4 Å². The lowest BCUT2D eigenvalue weighted by Gasteiger charge is -2.30. The minimum absolute atomic E-state index is 0. The van der Waals surface area contributed by atoms with Crippen molar-refractivity contribution in [3.63, 3.8) is 0 Å². The number of carbonyl (C=O) groups is 2. The average Bonchev–Trinajstić information content (AvgIpc) is 3.18. The number of benzene rings is 1. The van der Waals surface area contributed by atoms with Crippen LogP contribution in [0.15, 0.2) is 18.2 Å². The van der Waals surface area contributed by atoms with Crippen molar-refractivity contribution in [2.24, 2.45) is 11.7 Å². The van der Waals surface area contributed by atoms with E-state index in [1.165, 1.54) is 12.1 Å². The quantitative estimate of drug-likeness (QED) is 0.531. The number of hydrogen-bond acceptors (Lipinski definition) is 3. The third-order valence-corrected chi connectivity index (χ3v) is 6.62. The maximum Gasteiger partial charge on any atom is 0.259 e. The molecule has 0 radical (unpaired) electrons. The Kier molecular flexibility index (Phi) is 7.88. The normalized spacial score (nSPS) is 21.1. The molecule has 6 nitrogen and oxygen atoms in total. The molecule has 2 aliphatic rings. The molecule has 2 amide bonds. The fourth-order valence-corrected chi connectivity index (χ4v) is 4.88. The van der Waals surface area contributed by atoms with Gasteiger partial charge in [-0.15, -0.1) is 12.4 Å². The molecule has 1 aliphatic heterocycles. The van der Waals surface area contributed by atoms with Crippen LogP contribution in [0.4, 0.5) is 10.1 Å². The van der Waals surface area contributed by atoms with E-state index in [9.17, 15) is 9.59 Å². The largest absolute Gasteiger partial charge is 0.359 e. The maximum atomic E-state index is 15.1. The van der Waals surface area contributed by atoms with E-state index < -0.39 is 11.7 Å². The molecule has 4 rings (SSSR count). The van der Waals surface area contributed by atoms with E-state index in [1.807, 2.05) is 33.8 Å². The predicted octanol–water partition coefficient (Wildman–Crippen LogP) is 4.74. The smallest absolute Gasteiger partial charge is 0.259 e. The van der Waals surface area contributed by atoms with Crippen LogP contribution in [0, 0.1) is 25.6 Å². The number of amides is 2. The minimum atomic E-state index is -0.629. The molecule has 34 heavy (non-hydrogen) atoms. The number of nitrogens with zero attached hydrogens (tertiary/aromatic N) is 1. The van der Waals surface area contributed by atoms with Crippen molar-refractivity contribution in [1.29, 1.82) is 0 Å². The SMILES string of the molecule is Cc1cc(C)c(/C=C2\C(=O)N(CC3CCC(N)CC3)c3cc(C(=O)NC(C)C)c(F)cc32)[nH]1.Cl. The molecular weight excluding hydrogens is 455 g/mol. The van der Waals surface area contributed by atoms with E-state index in [-0.39, 0.29) is 36.0 Å². The molecule has 0 unspecified atom stereocenters. The first-order chi connectivity index (χ1) is 15.6. The van der Waals surface area contributed by atoms with E-state index in [2.05, 4.69) is 10.3 Å². The summed E-state index contributed by atoms with van der Waals surface area (Å²) in [4.78, 5) is 31.2. The summed E-state index contributed by atoms with van der Waals surface area (Å²) in [5.41, 5.74) is 10.4. The van der Waals surface area contributed by atoms with Crippen molar-refractivity contribution >= 4 is 41.6 Å². The highest BCUT2D eigenvalue weighted by Crippen LogP contribution is 2.41. The summed E-state index contributed by atoms with van der Waals surface area (Å²) in [5.74, 6) is -0.939. The molecule has 1 fully saturated rings. The van der Waals surface area contributed by atoms with Crippen LogP contribution in [0.1, 0.15) is 72.4 Å². The Morgan fingerprint density at radius 1 is 1.24 bits per heavy atom. The van der Waals surface area contributed by atoms with Crippen molar-refractivity contribution in [3.05, 3.63) is 52.1 Å². The number of nitrogens with two attached hydrogens (primary N) is 1. The number of aromatic nitrogens is 1. The molecule has 8 heteroatoms. The number of anilines is 1. The number of halogens is 2. The van der Waals surface area contributed by atoms with Gasteiger partial charge in [-0.2, -0.15) is 0 Å². The number of hydrogen-bond donors (Lipinski definition) is 3. The lowest BCUT2D eigenvalue weighted by molar-refractivity contribution is -0.113. The van der Waals surface area contributed by atoms with Gasteiger partial charge in [0, 0.05) is 35.6 Å². The zero-order valence-corrected chi connectivity index (χ0v) is 21.0. The van der Waals surface area contributed by atoms with Gasteiger partial charge in [0.25, 0.3) is 11.8 Å². The van der Waals surface area contributed by atoms with Crippen LogP contribution in [-0.2, 0) is 4.79 Å². The molecule has 1 aliphatic carbocycles. The zero-order valence-electron chi connectivity index (χ0n) is 20.2. The van der Waals surface area contributed by atoms with Gasteiger partial charge in [-0.25, -0.2) is 4.39 Å². The summed E-state index contributed by atoms with van der Waals surface area (Å²) < 4.78 is 15.1. The third kappa shape index (κ3) is 5.20. The van der Waals surface area contributed by atoms with Gasteiger partial charge in [0.1, 0.15) is 5.82 Å². The Balaban J connectivity index is 0.00000324. The van der Waals surface area contributed by atoms with Crippen LogP contribution in [0.25, 0.3) is 11.6 Å². The number of H-pyrrole nitrogens is 1. The maximum absolute atomic E-state index is 15.1. The number of fused-ring (bicyclic) bond motifs is 1. The Hall–Kier alpha value is -2.64. The van der Waals surface area contributed by atoms with Gasteiger partial charge < -0.3 is 20.9 Å². The molecule has 2 aromatic rings. The van der Waals surface area contributed by atoms with Crippen LogP contribution in [0.2, 0.25) is 0 Å². The topological polar surface area (TPSA) is 91.2 Å². The number of aryl methyl sites for hydroxylation is 2. The molecule has 1 saturated carbocycles. The molecule has 1 aromatic heterocycles. The molecule has 0 bridgehead atoms.